The average molecular weight is 293 g/mol. The van der Waals surface area contributed by atoms with Gasteiger partial charge in [-0.3, -0.25) is 0 Å². The van der Waals surface area contributed by atoms with Crippen molar-refractivity contribution in [1.82, 2.24) is 4.31 Å². The lowest BCUT2D eigenvalue weighted by atomic mass is 10.2. The van der Waals surface area contributed by atoms with Crippen molar-refractivity contribution in [1.29, 1.82) is 0 Å². The summed E-state index contributed by atoms with van der Waals surface area (Å²) < 4.78 is 39.2. The van der Waals surface area contributed by atoms with Gasteiger partial charge in [0.25, 0.3) is 0 Å². The van der Waals surface area contributed by atoms with Crippen molar-refractivity contribution in [2.45, 2.75) is 24.2 Å². The van der Waals surface area contributed by atoms with Crippen LogP contribution in [-0.2, 0) is 10.0 Å². The van der Waals surface area contributed by atoms with Crippen molar-refractivity contribution in [2.24, 2.45) is 0 Å². The summed E-state index contributed by atoms with van der Waals surface area (Å²) in [6.07, 6.45) is 2.67. The number of benzene rings is 1. The zero-order valence-electron chi connectivity index (χ0n) is 9.70. The maximum Gasteiger partial charge on any atom is 0.244 e. The molecule has 1 aromatic rings. The molecule has 1 heterocycles. The molecule has 0 radical (unpaired) electrons. The maximum absolute atomic E-state index is 13.2. The van der Waals surface area contributed by atoms with E-state index in [2.05, 4.69) is 0 Å². The molecule has 1 saturated heterocycles. The van der Waals surface area contributed by atoms with Crippen LogP contribution in [0.4, 0.5) is 10.1 Å². The molecule has 4 nitrogen and oxygen atoms in total. The molecule has 0 bridgehead atoms. The molecule has 100 valence electrons. The van der Waals surface area contributed by atoms with Gasteiger partial charge in [0.15, 0.2) is 0 Å². The lowest BCUT2D eigenvalue weighted by molar-refractivity contribution is 0.346. The third-order valence-electron chi connectivity index (χ3n) is 2.98. The average Bonchev–Trinajstić information content (AvgIpc) is 2.34. The fourth-order valence-corrected chi connectivity index (χ4v) is 4.03. The molecule has 1 aliphatic heterocycles. The van der Waals surface area contributed by atoms with Crippen LogP contribution in [0.2, 0.25) is 5.02 Å². The van der Waals surface area contributed by atoms with Gasteiger partial charge in [-0.15, -0.1) is 0 Å². The van der Waals surface area contributed by atoms with Crippen molar-refractivity contribution in [2.75, 3.05) is 18.8 Å². The zero-order chi connectivity index (χ0) is 13.3. The summed E-state index contributed by atoms with van der Waals surface area (Å²) in [4.78, 5) is -0.120. The predicted octanol–water partition coefficient (Wildman–Crippen LogP) is 2.24. The number of halogens is 2. The van der Waals surface area contributed by atoms with Gasteiger partial charge in [0, 0.05) is 13.1 Å². The second-order valence-corrected chi connectivity index (χ2v) is 6.58. The highest BCUT2D eigenvalue weighted by molar-refractivity contribution is 7.89. The van der Waals surface area contributed by atoms with Crippen LogP contribution in [0.25, 0.3) is 0 Å². The molecule has 18 heavy (non-hydrogen) atoms. The van der Waals surface area contributed by atoms with E-state index >= 15 is 0 Å². The molecule has 0 saturated carbocycles. The number of nitrogens with zero attached hydrogens (tertiary/aromatic N) is 1. The van der Waals surface area contributed by atoms with E-state index in [-0.39, 0.29) is 15.6 Å². The quantitative estimate of drug-likeness (QED) is 0.850. The zero-order valence-corrected chi connectivity index (χ0v) is 11.3. The largest absolute Gasteiger partial charge is 0.396 e. The third kappa shape index (κ3) is 2.46. The fraction of sp³-hybridized carbons (Fsp3) is 0.455. The SMILES string of the molecule is Nc1cc(S(=O)(=O)N2CCCCC2)c(Cl)cc1F. The van der Waals surface area contributed by atoms with E-state index in [1.54, 1.807) is 0 Å². The van der Waals surface area contributed by atoms with Crippen LogP contribution in [0.1, 0.15) is 19.3 Å². The van der Waals surface area contributed by atoms with E-state index in [4.69, 9.17) is 17.3 Å². The van der Waals surface area contributed by atoms with Crippen LogP contribution >= 0.6 is 11.6 Å². The lowest BCUT2D eigenvalue weighted by Gasteiger charge is -2.26. The highest BCUT2D eigenvalue weighted by atomic mass is 35.5. The molecule has 1 fully saturated rings. The highest BCUT2D eigenvalue weighted by Gasteiger charge is 2.28. The Morgan fingerprint density at radius 3 is 2.44 bits per heavy atom. The molecular weight excluding hydrogens is 279 g/mol. The Morgan fingerprint density at radius 2 is 1.83 bits per heavy atom. The molecule has 0 aromatic heterocycles. The van der Waals surface area contributed by atoms with E-state index in [1.807, 2.05) is 0 Å². The molecule has 2 N–H and O–H groups in total. The number of piperidine rings is 1. The summed E-state index contributed by atoms with van der Waals surface area (Å²) in [5, 5.41) is -0.132. The first-order chi connectivity index (χ1) is 8.43. The van der Waals surface area contributed by atoms with Crippen LogP contribution in [-0.4, -0.2) is 25.8 Å². The van der Waals surface area contributed by atoms with Gasteiger partial charge >= 0.3 is 0 Å². The topological polar surface area (TPSA) is 63.4 Å². The molecular formula is C11H14ClFN2O2S. The van der Waals surface area contributed by atoms with Crippen molar-refractivity contribution < 1.29 is 12.8 Å². The Hall–Kier alpha value is -0.850. The smallest absolute Gasteiger partial charge is 0.244 e. The Labute approximate surface area is 111 Å². The number of anilines is 1. The standard InChI is InChI=1S/C11H14ClFN2O2S/c12-8-6-9(13)10(14)7-11(8)18(16,17)15-4-2-1-3-5-15/h6-7H,1-5,14H2. The van der Waals surface area contributed by atoms with Crippen LogP contribution < -0.4 is 5.73 Å². The maximum atomic E-state index is 13.2. The fourth-order valence-electron chi connectivity index (χ4n) is 1.99. The summed E-state index contributed by atoms with van der Waals surface area (Å²) in [6, 6.07) is 2.02. The minimum absolute atomic E-state index is 0.120. The molecule has 0 atom stereocenters. The van der Waals surface area contributed by atoms with Gasteiger partial charge in [0.1, 0.15) is 10.7 Å². The Balaban J connectivity index is 2.43. The Morgan fingerprint density at radius 1 is 1.22 bits per heavy atom. The van der Waals surface area contributed by atoms with E-state index in [0.29, 0.717) is 13.1 Å². The summed E-state index contributed by atoms with van der Waals surface area (Å²) in [7, 11) is -3.68. The van der Waals surface area contributed by atoms with E-state index in [1.165, 1.54) is 4.31 Å². The monoisotopic (exact) mass is 292 g/mol. The normalized spacial score (nSPS) is 17.9. The Bertz CT molecular complexity index is 556. The van der Waals surface area contributed by atoms with Crippen molar-refractivity contribution >= 4 is 27.3 Å². The van der Waals surface area contributed by atoms with Gasteiger partial charge in [-0.05, 0) is 25.0 Å². The number of hydrogen-bond acceptors (Lipinski definition) is 3. The van der Waals surface area contributed by atoms with E-state index < -0.39 is 15.8 Å². The van der Waals surface area contributed by atoms with Crippen LogP contribution in [0.15, 0.2) is 17.0 Å². The molecule has 2 rings (SSSR count). The Kier molecular flexibility index (Phi) is 3.79. The minimum Gasteiger partial charge on any atom is -0.396 e. The van der Waals surface area contributed by atoms with Gasteiger partial charge in [-0.25, -0.2) is 12.8 Å². The molecule has 0 unspecified atom stereocenters. The van der Waals surface area contributed by atoms with Gasteiger partial charge in [0.2, 0.25) is 10.0 Å². The van der Waals surface area contributed by atoms with Crippen molar-refractivity contribution in [3.8, 4) is 0 Å². The highest BCUT2D eigenvalue weighted by Crippen LogP contribution is 2.30. The molecule has 1 aromatic carbocycles. The van der Waals surface area contributed by atoms with Crippen LogP contribution in [0.5, 0.6) is 0 Å². The second-order valence-electron chi connectivity index (χ2n) is 4.27. The summed E-state index contributed by atoms with van der Waals surface area (Å²) in [6.45, 7) is 0.936. The predicted molar refractivity (Wildman–Crippen MR) is 68.4 cm³/mol. The van der Waals surface area contributed by atoms with Crippen LogP contribution in [0.3, 0.4) is 0 Å². The van der Waals surface area contributed by atoms with Crippen LogP contribution in [0, 0.1) is 5.82 Å². The third-order valence-corrected chi connectivity index (χ3v) is 5.35. The van der Waals surface area contributed by atoms with Gasteiger partial charge in [-0.2, -0.15) is 4.31 Å². The first-order valence-corrected chi connectivity index (χ1v) is 7.49. The molecule has 0 spiro atoms. The van der Waals surface area contributed by atoms with Crippen molar-refractivity contribution in [3.63, 3.8) is 0 Å². The minimum atomic E-state index is -3.68. The van der Waals surface area contributed by atoms with Crippen molar-refractivity contribution in [3.05, 3.63) is 23.0 Å². The number of nitrogen functional groups attached to an aromatic ring is 1. The number of rotatable bonds is 2. The molecule has 0 amide bonds. The first kappa shape index (κ1) is 13.6. The van der Waals surface area contributed by atoms with Gasteiger partial charge in [-0.1, -0.05) is 18.0 Å². The summed E-state index contributed by atoms with van der Waals surface area (Å²) >= 11 is 5.80. The summed E-state index contributed by atoms with van der Waals surface area (Å²) in [5.41, 5.74) is 5.19. The van der Waals surface area contributed by atoms with Gasteiger partial charge in [0.05, 0.1) is 10.7 Å². The first-order valence-electron chi connectivity index (χ1n) is 5.67. The second kappa shape index (κ2) is 5.03. The lowest BCUT2D eigenvalue weighted by Crippen LogP contribution is -2.35. The number of hydrogen-bond donors (Lipinski definition) is 1. The number of sulfonamides is 1. The van der Waals surface area contributed by atoms with E-state index in [0.717, 1.165) is 31.4 Å². The number of nitrogens with two attached hydrogens (primary N) is 1. The summed E-state index contributed by atoms with van der Waals surface area (Å²) in [5.74, 6) is -0.711. The molecule has 7 heteroatoms. The van der Waals surface area contributed by atoms with Gasteiger partial charge < -0.3 is 5.73 Å². The van der Waals surface area contributed by atoms with E-state index in [9.17, 15) is 12.8 Å². The molecule has 1 aliphatic rings. The molecule has 0 aliphatic carbocycles.